The Hall–Kier alpha value is 0.0169. The van der Waals surface area contributed by atoms with Gasteiger partial charge in [-0.3, -0.25) is 0 Å². The normalized spacial score (nSPS) is 25.0. The van der Waals surface area contributed by atoms with Crippen LogP contribution in [0.2, 0.25) is 6.04 Å². The highest BCUT2D eigenvalue weighted by atomic mass is 28.4. The van der Waals surface area contributed by atoms with Crippen LogP contribution in [0, 0.1) is 5.92 Å². The first kappa shape index (κ1) is 24.1. The van der Waals surface area contributed by atoms with E-state index in [-0.39, 0.29) is 36.6 Å². The van der Waals surface area contributed by atoms with E-state index in [1.807, 2.05) is 55.4 Å². The van der Waals surface area contributed by atoms with E-state index in [2.05, 4.69) is 0 Å². The van der Waals surface area contributed by atoms with Crippen molar-refractivity contribution in [3.05, 3.63) is 0 Å². The van der Waals surface area contributed by atoms with Crippen LogP contribution in [0.1, 0.15) is 81.1 Å². The summed E-state index contributed by atoms with van der Waals surface area (Å²) in [4.78, 5) is 0. The van der Waals surface area contributed by atoms with Gasteiger partial charge in [0, 0.05) is 24.4 Å². The summed E-state index contributed by atoms with van der Waals surface area (Å²) in [5, 5.41) is 10.2. The molecule has 1 rings (SSSR count). The van der Waals surface area contributed by atoms with Gasteiger partial charge in [0.2, 0.25) is 0 Å². The van der Waals surface area contributed by atoms with Crippen molar-refractivity contribution in [2.24, 2.45) is 5.92 Å². The number of hydrogen-bond acceptors (Lipinski definition) is 5. The zero-order chi connectivity index (χ0) is 19.9. The molecule has 1 N–H and O–H groups in total. The van der Waals surface area contributed by atoms with Crippen LogP contribution < -0.4 is 0 Å². The molecule has 26 heavy (non-hydrogen) atoms. The van der Waals surface area contributed by atoms with Gasteiger partial charge in [-0.15, -0.1) is 0 Å². The summed E-state index contributed by atoms with van der Waals surface area (Å²) in [6.07, 6.45) is 3.66. The Kier molecular flexibility index (Phi) is 10.3. The summed E-state index contributed by atoms with van der Waals surface area (Å²) in [6, 6.07) is 0.816. The number of ether oxygens (including phenoxy) is 1. The van der Waals surface area contributed by atoms with E-state index in [9.17, 15) is 5.11 Å². The molecule has 0 amide bonds. The fourth-order valence-corrected chi connectivity index (χ4v) is 7.11. The third-order valence-corrected chi connectivity index (χ3v) is 7.81. The Labute approximate surface area is 162 Å². The molecule has 0 aliphatic heterocycles. The Bertz CT molecular complexity index is 360. The minimum atomic E-state index is -2.74. The van der Waals surface area contributed by atoms with Gasteiger partial charge in [-0.1, -0.05) is 0 Å². The van der Waals surface area contributed by atoms with Crippen molar-refractivity contribution in [1.29, 1.82) is 0 Å². The van der Waals surface area contributed by atoms with Crippen LogP contribution >= 0.6 is 0 Å². The van der Waals surface area contributed by atoms with E-state index >= 15 is 0 Å². The van der Waals surface area contributed by atoms with E-state index in [0.29, 0.717) is 5.92 Å². The standard InChI is InChI=1S/C20H42O5Si/c1-14(2)22-20-13-18(9-10-19(20)21)11-12-26(23-15(3)4,24-16(5)6)25-17(7)8/h14-21H,9-13H2,1-8H3. The number of hydrogen-bond donors (Lipinski definition) is 1. The molecule has 0 bridgehead atoms. The third kappa shape index (κ3) is 8.80. The molecule has 0 radical (unpaired) electrons. The predicted octanol–water partition coefficient (Wildman–Crippen LogP) is 4.55. The first-order chi connectivity index (χ1) is 12.0. The molecule has 0 saturated heterocycles. The lowest BCUT2D eigenvalue weighted by atomic mass is 9.83. The molecule has 0 aromatic carbocycles. The SMILES string of the molecule is CC(C)OC1CC(CC[Si](OC(C)C)(OC(C)C)OC(C)C)CCC1O. The van der Waals surface area contributed by atoms with Crippen LogP contribution in [-0.2, 0) is 18.0 Å². The van der Waals surface area contributed by atoms with Crippen molar-refractivity contribution in [2.45, 2.75) is 124 Å². The number of rotatable bonds is 11. The summed E-state index contributed by atoms with van der Waals surface area (Å²) < 4.78 is 24.8. The van der Waals surface area contributed by atoms with Crippen molar-refractivity contribution in [1.82, 2.24) is 0 Å². The highest BCUT2D eigenvalue weighted by Crippen LogP contribution is 2.34. The molecule has 156 valence electrons. The van der Waals surface area contributed by atoms with Crippen molar-refractivity contribution in [2.75, 3.05) is 0 Å². The quantitative estimate of drug-likeness (QED) is 0.525. The molecular formula is C20H42O5Si. The Balaban J connectivity index is 2.77. The van der Waals surface area contributed by atoms with Gasteiger partial charge in [-0.25, -0.2) is 0 Å². The smallest absolute Gasteiger partial charge is 0.390 e. The van der Waals surface area contributed by atoms with E-state index in [1.165, 1.54) is 0 Å². The van der Waals surface area contributed by atoms with E-state index < -0.39 is 8.80 Å². The topological polar surface area (TPSA) is 57.2 Å². The largest absolute Gasteiger partial charge is 0.501 e. The third-order valence-electron chi connectivity index (χ3n) is 4.42. The Morgan fingerprint density at radius 1 is 0.808 bits per heavy atom. The lowest BCUT2D eigenvalue weighted by Crippen LogP contribution is -2.51. The molecule has 1 aliphatic carbocycles. The van der Waals surface area contributed by atoms with Gasteiger partial charge in [-0.05, 0) is 87.0 Å². The predicted molar refractivity (Wildman–Crippen MR) is 107 cm³/mol. The minimum absolute atomic E-state index is 0.0622. The summed E-state index contributed by atoms with van der Waals surface area (Å²) in [7, 11) is -2.74. The van der Waals surface area contributed by atoms with E-state index in [0.717, 1.165) is 31.7 Å². The van der Waals surface area contributed by atoms with Crippen LogP contribution in [0.25, 0.3) is 0 Å². The second-order valence-corrected chi connectivity index (χ2v) is 11.3. The fourth-order valence-electron chi connectivity index (χ4n) is 3.67. The highest BCUT2D eigenvalue weighted by Gasteiger charge is 2.45. The fraction of sp³-hybridized carbons (Fsp3) is 1.00. The first-order valence-corrected chi connectivity index (χ1v) is 12.3. The monoisotopic (exact) mass is 390 g/mol. The average Bonchev–Trinajstić information content (AvgIpc) is 2.45. The molecule has 0 aromatic rings. The Morgan fingerprint density at radius 3 is 1.73 bits per heavy atom. The molecule has 5 nitrogen and oxygen atoms in total. The van der Waals surface area contributed by atoms with Crippen molar-refractivity contribution >= 4 is 8.80 Å². The molecular weight excluding hydrogens is 348 g/mol. The maximum absolute atomic E-state index is 10.2. The molecule has 6 heteroatoms. The Morgan fingerprint density at radius 2 is 1.31 bits per heavy atom. The van der Waals surface area contributed by atoms with Gasteiger partial charge in [-0.2, -0.15) is 0 Å². The molecule has 3 unspecified atom stereocenters. The van der Waals surface area contributed by atoms with Crippen molar-refractivity contribution in [3.63, 3.8) is 0 Å². The van der Waals surface area contributed by atoms with Crippen LogP contribution in [0.4, 0.5) is 0 Å². The summed E-state index contributed by atoms with van der Waals surface area (Å²) in [5.74, 6) is 0.510. The molecule has 0 aromatic heterocycles. The van der Waals surface area contributed by atoms with Crippen molar-refractivity contribution in [3.8, 4) is 0 Å². The van der Waals surface area contributed by atoms with Gasteiger partial charge in [0.15, 0.2) is 0 Å². The molecule has 0 heterocycles. The lowest BCUT2D eigenvalue weighted by Gasteiger charge is -2.37. The minimum Gasteiger partial charge on any atom is -0.390 e. The van der Waals surface area contributed by atoms with Crippen molar-refractivity contribution < 1.29 is 23.1 Å². The summed E-state index contributed by atoms with van der Waals surface area (Å²) in [6.45, 7) is 16.3. The van der Waals surface area contributed by atoms with Crippen LogP contribution in [-0.4, -0.2) is 50.5 Å². The molecule has 0 spiro atoms. The lowest BCUT2D eigenvalue weighted by molar-refractivity contribution is -0.0947. The number of aliphatic hydroxyl groups is 1. The van der Waals surface area contributed by atoms with Crippen LogP contribution in [0.3, 0.4) is 0 Å². The van der Waals surface area contributed by atoms with Gasteiger partial charge in [0.1, 0.15) is 0 Å². The van der Waals surface area contributed by atoms with Gasteiger partial charge in [0.05, 0.1) is 18.3 Å². The zero-order valence-electron chi connectivity index (χ0n) is 18.2. The maximum Gasteiger partial charge on any atom is 0.501 e. The van der Waals surface area contributed by atoms with E-state index in [1.54, 1.807) is 0 Å². The van der Waals surface area contributed by atoms with Gasteiger partial charge >= 0.3 is 8.80 Å². The van der Waals surface area contributed by atoms with E-state index in [4.69, 9.17) is 18.0 Å². The highest BCUT2D eigenvalue weighted by molar-refractivity contribution is 6.60. The summed E-state index contributed by atoms with van der Waals surface area (Å²) >= 11 is 0. The van der Waals surface area contributed by atoms with Crippen LogP contribution in [0.5, 0.6) is 0 Å². The number of aliphatic hydroxyl groups excluding tert-OH is 1. The van der Waals surface area contributed by atoms with Gasteiger partial charge < -0.3 is 23.1 Å². The molecule has 1 fully saturated rings. The molecule has 1 aliphatic rings. The van der Waals surface area contributed by atoms with Gasteiger partial charge in [0.25, 0.3) is 0 Å². The first-order valence-electron chi connectivity index (χ1n) is 10.4. The zero-order valence-corrected chi connectivity index (χ0v) is 19.2. The molecule has 1 saturated carbocycles. The molecule has 3 atom stereocenters. The van der Waals surface area contributed by atoms with Crippen LogP contribution in [0.15, 0.2) is 0 Å². The second kappa shape index (κ2) is 11.1. The second-order valence-electron chi connectivity index (χ2n) is 8.69. The average molecular weight is 391 g/mol. The maximum atomic E-state index is 10.2. The summed E-state index contributed by atoms with van der Waals surface area (Å²) in [5.41, 5.74) is 0.